The van der Waals surface area contributed by atoms with Gasteiger partial charge in [-0.05, 0) is 25.3 Å². The van der Waals surface area contributed by atoms with E-state index in [2.05, 4.69) is 25.9 Å². The fourth-order valence-electron chi connectivity index (χ4n) is 1.73. The summed E-state index contributed by atoms with van der Waals surface area (Å²) in [6.45, 7) is 4.08. The molecular formula is C14H23F3IN5S. The Hall–Kier alpha value is -0.910. The van der Waals surface area contributed by atoms with E-state index >= 15 is 0 Å². The van der Waals surface area contributed by atoms with E-state index < -0.39 is 11.7 Å². The summed E-state index contributed by atoms with van der Waals surface area (Å²) in [6.07, 6.45) is -1.08. The topological polar surface area (TPSA) is 61.3 Å². The number of alkyl halides is 3. The van der Waals surface area contributed by atoms with E-state index in [-0.39, 0.29) is 29.8 Å². The Morgan fingerprint density at radius 2 is 2.04 bits per heavy atom. The number of hydrogen-bond donors (Lipinski definition) is 3. The number of thioether (sulfide) groups is 1. The predicted molar refractivity (Wildman–Crippen MR) is 106 cm³/mol. The number of pyridine rings is 1. The summed E-state index contributed by atoms with van der Waals surface area (Å²) in [5, 5.41) is 8.85. The van der Waals surface area contributed by atoms with Gasteiger partial charge in [0.15, 0.2) is 5.96 Å². The molecule has 0 unspecified atom stereocenters. The van der Waals surface area contributed by atoms with Crippen LogP contribution in [-0.2, 0) is 6.18 Å². The van der Waals surface area contributed by atoms with E-state index in [1.165, 1.54) is 12.3 Å². The third-order valence-electron chi connectivity index (χ3n) is 2.73. The maximum absolute atomic E-state index is 12.8. The van der Waals surface area contributed by atoms with Gasteiger partial charge >= 0.3 is 6.18 Å². The molecule has 0 bridgehead atoms. The van der Waals surface area contributed by atoms with Gasteiger partial charge in [-0.25, -0.2) is 4.98 Å². The second kappa shape index (κ2) is 12.5. The molecule has 5 nitrogen and oxygen atoms in total. The predicted octanol–water partition coefficient (Wildman–Crippen LogP) is 3.05. The summed E-state index contributed by atoms with van der Waals surface area (Å²) in [5.74, 6) is 1.41. The van der Waals surface area contributed by atoms with Crippen LogP contribution in [0.1, 0.15) is 12.5 Å². The van der Waals surface area contributed by atoms with E-state index in [9.17, 15) is 13.2 Å². The molecule has 1 rings (SSSR count). The Labute approximate surface area is 161 Å². The first-order chi connectivity index (χ1) is 11.0. The molecule has 24 heavy (non-hydrogen) atoms. The van der Waals surface area contributed by atoms with Crippen molar-refractivity contribution < 1.29 is 13.2 Å². The lowest BCUT2D eigenvalue weighted by Gasteiger charge is -2.14. The van der Waals surface area contributed by atoms with Crippen LogP contribution in [0.5, 0.6) is 0 Å². The Bertz CT molecular complexity index is 500. The first-order valence-corrected chi connectivity index (χ1v) is 8.65. The maximum atomic E-state index is 12.8. The van der Waals surface area contributed by atoms with Gasteiger partial charge in [-0.15, -0.1) is 24.0 Å². The van der Waals surface area contributed by atoms with Crippen molar-refractivity contribution in [2.75, 3.05) is 43.5 Å². The summed E-state index contributed by atoms with van der Waals surface area (Å²) in [7, 11) is 0. The molecule has 0 atom stereocenters. The molecule has 1 aromatic rings. The van der Waals surface area contributed by atoms with Crippen LogP contribution >= 0.6 is 35.7 Å². The normalized spacial score (nSPS) is 11.6. The number of nitrogens with one attached hydrogen (secondary N) is 3. The average Bonchev–Trinajstić information content (AvgIpc) is 2.51. The van der Waals surface area contributed by atoms with Crippen molar-refractivity contribution in [3.63, 3.8) is 0 Å². The lowest BCUT2D eigenvalue weighted by molar-refractivity contribution is -0.137. The molecule has 0 saturated heterocycles. The van der Waals surface area contributed by atoms with Crippen molar-refractivity contribution in [3.05, 3.63) is 23.9 Å². The lowest BCUT2D eigenvalue weighted by Crippen LogP contribution is -2.39. The van der Waals surface area contributed by atoms with Crippen molar-refractivity contribution in [1.82, 2.24) is 15.6 Å². The van der Waals surface area contributed by atoms with Gasteiger partial charge in [0.1, 0.15) is 5.82 Å². The maximum Gasteiger partial charge on any atom is 0.419 e. The van der Waals surface area contributed by atoms with Crippen molar-refractivity contribution in [3.8, 4) is 0 Å². The molecule has 0 fully saturated rings. The van der Waals surface area contributed by atoms with Crippen molar-refractivity contribution in [2.24, 2.45) is 4.99 Å². The highest BCUT2D eigenvalue weighted by Crippen LogP contribution is 2.33. The minimum absolute atomic E-state index is 0. The summed E-state index contributed by atoms with van der Waals surface area (Å²) >= 11 is 1.70. The molecule has 0 aromatic carbocycles. The zero-order chi connectivity index (χ0) is 17.1. The van der Waals surface area contributed by atoms with Gasteiger partial charge in [-0.1, -0.05) is 0 Å². The van der Waals surface area contributed by atoms with Crippen LogP contribution < -0.4 is 16.0 Å². The summed E-state index contributed by atoms with van der Waals surface area (Å²) < 4.78 is 38.5. The monoisotopic (exact) mass is 477 g/mol. The highest BCUT2D eigenvalue weighted by molar-refractivity contribution is 14.0. The summed E-state index contributed by atoms with van der Waals surface area (Å²) in [5.41, 5.74) is -0.763. The van der Waals surface area contributed by atoms with E-state index in [1.807, 2.05) is 13.2 Å². The standard InChI is InChI=1S/C14H22F3N5S.HI/c1-3-18-13(22-9-10-23-2)21-8-7-20-12-11(14(15,16)17)5-4-6-19-12;/h4-6H,3,7-10H2,1-2H3,(H,19,20)(H2,18,21,22);1H. The number of hydrogen-bond acceptors (Lipinski definition) is 4. The number of aromatic nitrogens is 1. The Morgan fingerprint density at radius 3 is 2.67 bits per heavy atom. The molecule has 0 saturated carbocycles. The average molecular weight is 477 g/mol. The molecule has 0 aliphatic heterocycles. The number of rotatable bonds is 8. The van der Waals surface area contributed by atoms with Crippen LogP contribution in [0, 0.1) is 0 Å². The Kier molecular flexibility index (Phi) is 12.0. The van der Waals surface area contributed by atoms with Gasteiger partial charge in [0, 0.05) is 31.6 Å². The third-order valence-corrected chi connectivity index (χ3v) is 3.32. The van der Waals surface area contributed by atoms with Crippen LogP contribution in [0.15, 0.2) is 23.3 Å². The third kappa shape index (κ3) is 8.81. The molecule has 138 valence electrons. The number of halogens is 4. The fourth-order valence-corrected chi connectivity index (χ4v) is 2.00. The van der Waals surface area contributed by atoms with E-state index in [0.717, 1.165) is 18.4 Å². The van der Waals surface area contributed by atoms with Gasteiger partial charge in [-0.3, -0.25) is 4.99 Å². The largest absolute Gasteiger partial charge is 0.419 e. The number of anilines is 1. The highest BCUT2D eigenvalue weighted by atomic mass is 127. The molecule has 0 aliphatic rings. The fraction of sp³-hybridized carbons (Fsp3) is 0.571. The van der Waals surface area contributed by atoms with Crippen molar-refractivity contribution in [1.29, 1.82) is 0 Å². The van der Waals surface area contributed by atoms with E-state index in [0.29, 0.717) is 25.6 Å². The lowest BCUT2D eigenvalue weighted by atomic mass is 10.2. The Morgan fingerprint density at radius 1 is 1.29 bits per heavy atom. The first kappa shape index (κ1) is 23.1. The zero-order valence-corrected chi connectivity index (χ0v) is 16.8. The molecule has 10 heteroatoms. The smallest absolute Gasteiger partial charge is 0.368 e. The second-order valence-corrected chi connectivity index (χ2v) is 5.49. The van der Waals surface area contributed by atoms with E-state index in [1.54, 1.807) is 11.8 Å². The van der Waals surface area contributed by atoms with Crippen LogP contribution in [0.2, 0.25) is 0 Å². The summed E-state index contributed by atoms with van der Waals surface area (Å²) in [4.78, 5) is 8.11. The first-order valence-electron chi connectivity index (χ1n) is 7.26. The summed E-state index contributed by atoms with van der Waals surface area (Å²) in [6, 6.07) is 2.28. The van der Waals surface area contributed by atoms with Crippen molar-refractivity contribution in [2.45, 2.75) is 13.1 Å². The highest BCUT2D eigenvalue weighted by Gasteiger charge is 2.33. The number of nitrogens with zero attached hydrogens (tertiary/aromatic N) is 2. The van der Waals surface area contributed by atoms with Crippen LogP contribution in [0.4, 0.5) is 19.0 Å². The Balaban J connectivity index is 0.00000529. The molecular weight excluding hydrogens is 454 g/mol. The minimum Gasteiger partial charge on any atom is -0.368 e. The molecule has 1 heterocycles. The van der Waals surface area contributed by atoms with Crippen LogP contribution in [0.25, 0.3) is 0 Å². The quantitative estimate of drug-likeness (QED) is 0.233. The van der Waals surface area contributed by atoms with Gasteiger partial charge in [0.25, 0.3) is 0 Å². The second-order valence-electron chi connectivity index (χ2n) is 4.50. The van der Waals surface area contributed by atoms with Gasteiger partial charge < -0.3 is 16.0 Å². The SMILES string of the molecule is CCNC(=NCCSC)NCCNc1ncccc1C(F)(F)F.I. The minimum atomic E-state index is -4.42. The van der Waals surface area contributed by atoms with Gasteiger partial charge in [0.2, 0.25) is 0 Å². The van der Waals surface area contributed by atoms with E-state index in [4.69, 9.17) is 0 Å². The zero-order valence-electron chi connectivity index (χ0n) is 13.6. The molecule has 0 radical (unpaired) electrons. The molecule has 1 aromatic heterocycles. The molecule has 0 amide bonds. The molecule has 3 N–H and O–H groups in total. The van der Waals surface area contributed by atoms with Crippen LogP contribution in [-0.4, -0.2) is 49.1 Å². The number of guanidine groups is 1. The molecule has 0 spiro atoms. The van der Waals surface area contributed by atoms with Crippen molar-refractivity contribution >= 4 is 47.5 Å². The van der Waals surface area contributed by atoms with Gasteiger partial charge in [-0.2, -0.15) is 24.9 Å². The van der Waals surface area contributed by atoms with Crippen LogP contribution in [0.3, 0.4) is 0 Å². The van der Waals surface area contributed by atoms with Gasteiger partial charge in [0.05, 0.1) is 12.1 Å². The molecule has 0 aliphatic carbocycles. The number of aliphatic imine (C=N–C) groups is 1.